The van der Waals surface area contributed by atoms with Crippen LogP contribution in [-0.2, 0) is 9.53 Å². The van der Waals surface area contributed by atoms with Gasteiger partial charge in [0.05, 0.1) is 22.7 Å². The van der Waals surface area contributed by atoms with Crippen molar-refractivity contribution in [2.24, 2.45) is 0 Å². The Morgan fingerprint density at radius 2 is 2.47 bits per heavy atom. The zero-order valence-electron chi connectivity index (χ0n) is 10.4. The summed E-state index contributed by atoms with van der Waals surface area (Å²) >= 11 is 1.43. The molecule has 1 aromatic carbocycles. The number of aromatic nitrogens is 1. The fourth-order valence-electron chi connectivity index (χ4n) is 2.18. The lowest BCUT2D eigenvalue weighted by atomic mass is 10.2. The van der Waals surface area contributed by atoms with E-state index in [-0.39, 0.29) is 12.0 Å². The van der Waals surface area contributed by atoms with E-state index in [1.54, 1.807) is 6.07 Å². The molecule has 3 rings (SSSR count). The lowest BCUT2D eigenvalue weighted by Crippen LogP contribution is -2.19. The molecule has 0 saturated carbocycles. The van der Waals surface area contributed by atoms with Gasteiger partial charge >= 0.3 is 0 Å². The molecule has 1 unspecified atom stereocenters. The molecule has 0 bridgehead atoms. The van der Waals surface area contributed by atoms with Crippen molar-refractivity contribution in [1.29, 1.82) is 0 Å². The fraction of sp³-hybridized carbons (Fsp3) is 0.385. The first-order valence-corrected chi connectivity index (χ1v) is 7.10. The van der Waals surface area contributed by atoms with Crippen LogP contribution in [-0.4, -0.2) is 23.6 Å². The Labute approximate surface area is 114 Å². The number of ether oxygens (including phenoxy) is 1. The normalized spacial score (nSPS) is 18.8. The van der Waals surface area contributed by atoms with Crippen molar-refractivity contribution in [1.82, 2.24) is 4.98 Å². The smallest absolute Gasteiger partial charge is 0.228 e. The van der Waals surface area contributed by atoms with E-state index < -0.39 is 0 Å². The minimum atomic E-state index is -0.0427. The van der Waals surface area contributed by atoms with Crippen LogP contribution in [0.15, 0.2) is 18.2 Å². The molecule has 6 heteroatoms. The Morgan fingerprint density at radius 3 is 3.26 bits per heavy atom. The summed E-state index contributed by atoms with van der Waals surface area (Å²) in [6.07, 6.45) is 2.46. The quantitative estimate of drug-likeness (QED) is 0.844. The van der Waals surface area contributed by atoms with Crippen molar-refractivity contribution in [3.63, 3.8) is 0 Å². The van der Waals surface area contributed by atoms with E-state index in [2.05, 4.69) is 10.3 Å². The average Bonchev–Trinajstić information content (AvgIpc) is 2.97. The summed E-state index contributed by atoms with van der Waals surface area (Å²) in [5, 5.41) is 3.44. The van der Waals surface area contributed by atoms with Gasteiger partial charge in [0.1, 0.15) is 0 Å². The highest BCUT2D eigenvalue weighted by Gasteiger charge is 2.19. The SMILES string of the molecule is Nc1ccc2nc(NC(=O)CC3CCCO3)sc2c1. The van der Waals surface area contributed by atoms with Gasteiger partial charge in [-0.25, -0.2) is 4.98 Å². The maximum atomic E-state index is 11.9. The number of nitrogen functional groups attached to an aromatic ring is 1. The number of thiazole rings is 1. The van der Waals surface area contributed by atoms with Crippen LogP contribution < -0.4 is 11.1 Å². The second kappa shape index (κ2) is 5.14. The largest absolute Gasteiger partial charge is 0.399 e. The molecule has 2 heterocycles. The number of amides is 1. The second-order valence-corrected chi connectivity index (χ2v) is 5.66. The van der Waals surface area contributed by atoms with Gasteiger partial charge in [0.25, 0.3) is 0 Å². The molecule has 1 amide bonds. The Kier molecular flexibility index (Phi) is 3.35. The molecule has 3 N–H and O–H groups in total. The third-order valence-electron chi connectivity index (χ3n) is 3.10. The molecular formula is C13H15N3O2S. The summed E-state index contributed by atoms with van der Waals surface area (Å²) in [4.78, 5) is 16.2. The highest BCUT2D eigenvalue weighted by molar-refractivity contribution is 7.22. The van der Waals surface area contributed by atoms with Crippen LogP contribution in [0.1, 0.15) is 19.3 Å². The van der Waals surface area contributed by atoms with E-state index in [0.717, 1.165) is 29.7 Å². The third kappa shape index (κ3) is 2.85. The Bertz CT molecular complexity index is 605. The number of carbonyl (C=O) groups is 1. The molecule has 1 aliphatic heterocycles. The Balaban J connectivity index is 1.68. The van der Waals surface area contributed by atoms with Gasteiger partial charge in [-0.15, -0.1) is 0 Å². The average molecular weight is 277 g/mol. The van der Waals surface area contributed by atoms with Crippen LogP contribution in [0, 0.1) is 0 Å². The van der Waals surface area contributed by atoms with Gasteiger partial charge in [-0.05, 0) is 31.0 Å². The van der Waals surface area contributed by atoms with E-state index >= 15 is 0 Å². The summed E-state index contributed by atoms with van der Waals surface area (Å²) in [6.45, 7) is 0.762. The number of hydrogen-bond acceptors (Lipinski definition) is 5. The van der Waals surface area contributed by atoms with Gasteiger partial charge in [0.2, 0.25) is 5.91 Å². The maximum Gasteiger partial charge on any atom is 0.228 e. The molecule has 0 aliphatic carbocycles. The predicted octanol–water partition coefficient (Wildman–Crippen LogP) is 2.39. The van der Waals surface area contributed by atoms with Gasteiger partial charge in [-0.3, -0.25) is 4.79 Å². The van der Waals surface area contributed by atoms with Crippen molar-refractivity contribution in [3.05, 3.63) is 18.2 Å². The summed E-state index contributed by atoms with van der Waals surface area (Å²) in [5.74, 6) is -0.0427. The van der Waals surface area contributed by atoms with E-state index in [4.69, 9.17) is 10.5 Å². The standard InChI is InChI=1S/C13H15N3O2S/c14-8-3-4-10-11(6-8)19-13(15-10)16-12(17)7-9-2-1-5-18-9/h3-4,6,9H,1-2,5,7,14H2,(H,15,16,17). The van der Waals surface area contributed by atoms with Crippen LogP contribution in [0.2, 0.25) is 0 Å². The molecule has 5 nitrogen and oxygen atoms in total. The van der Waals surface area contributed by atoms with Crippen LogP contribution in [0.5, 0.6) is 0 Å². The summed E-state index contributed by atoms with van der Waals surface area (Å²) < 4.78 is 6.42. The number of nitrogens with zero attached hydrogens (tertiary/aromatic N) is 1. The number of nitrogens with two attached hydrogens (primary N) is 1. The van der Waals surface area contributed by atoms with E-state index in [1.807, 2.05) is 12.1 Å². The maximum absolute atomic E-state index is 11.9. The fourth-order valence-corrected chi connectivity index (χ4v) is 3.11. The summed E-state index contributed by atoms with van der Waals surface area (Å²) in [6, 6.07) is 5.53. The number of fused-ring (bicyclic) bond motifs is 1. The van der Waals surface area contributed by atoms with Gasteiger partial charge in [-0.1, -0.05) is 11.3 Å². The summed E-state index contributed by atoms with van der Waals surface area (Å²) in [7, 11) is 0. The molecule has 0 spiro atoms. The first-order valence-electron chi connectivity index (χ1n) is 6.28. The molecule has 0 radical (unpaired) electrons. The first kappa shape index (κ1) is 12.4. The van der Waals surface area contributed by atoms with E-state index in [1.165, 1.54) is 11.3 Å². The lowest BCUT2D eigenvalue weighted by molar-refractivity contribution is -0.118. The van der Waals surface area contributed by atoms with Gasteiger partial charge < -0.3 is 15.8 Å². The highest BCUT2D eigenvalue weighted by atomic mass is 32.1. The van der Waals surface area contributed by atoms with E-state index in [9.17, 15) is 4.79 Å². The Morgan fingerprint density at radius 1 is 1.58 bits per heavy atom. The molecule has 1 aliphatic rings. The number of benzene rings is 1. The van der Waals surface area contributed by atoms with Crippen molar-refractivity contribution in [3.8, 4) is 0 Å². The Hall–Kier alpha value is -1.66. The topological polar surface area (TPSA) is 77.2 Å². The molecule has 1 fully saturated rings. The van der Waals surface area contributed by atoms with Crippen LogP contribution in [0.3, 0.4) is 0 Å². The van der Waals surface area contributed by atoms with Gasteiger partial charge in [-0.2, -0.15) is 0 Å². The number of nitrogens with one attached hydrogen (secondary N) is 1. The van der Waals surface area contributed by atoms with Crippen molar-refractivity contribution >= 4 is 38.3 Å². The van der Waals surface area contributed by atoms with Crippen molar-refractivity contribution in [2.45, 2.75) is 25.4 Å². The molecular weight excluding hydrogens is 262 g/mol. The number of hydrogen-bond donors (Lipinski definition) is 2. The summed E-state index contributed by atoms with van der Waals surface area (Å²) in [5.41, 5.74) is 7.27. The number of carbonyl (C=O) groups excluding carboxylic acids is 1. The minimum Gasteiger partial charge on any atom is -0.399 e. The lowest BCUT2D eigenvalue weighted by Gasteiger charge is -2.07. The van der Waals surface area contributed by atoms with Gasteiger partial charge in [0.15, 0.2) is 5.13 Å². The number of anilines is 2. The van der Waals surface area contributed by atoms with Crippen LogP contribution in [0.4, 0.5) is 10.8 Å². The molecule has 19 heavy (non-hydrogen) atoms. The van der Waals surface area contributed by atoms with Gasteiger partial charge in [0, 0.05) is 12.3 Å². The molecule has 1 aromatic heterocycles. The predicted molar refractivity (Wildman–Crippen MR) is 76.3 cm³/mol. The molecule has 2 aromatic rings. The van der Waals surface area contributed by atoms with Crippen molar-refractivity contribution < 1.29 is 9.53 Å². The first-order chi connectivity index (χ1) is 9.20. The zero-order chi connectivity index (χ0) is 13.2. The molecule has 1 saturated heterocycles. The molecule has 100 valence electrons. The number of rotatable bonds is 3. The second-order valence-electron chi connectivity index (χ2n) is 4.63. The third-order valence-corrected chi connectivity index (χ3v) is 4.03. The van der Waals surface area contributed by atoms with Crippen LogP contribution >= 0.6 is 11.3 Å². The highest BCUT2D eigenvalue weighted by Crippen LogP contribution is 2.27. The van der Waals surface area contributed by atoms with Crippen molar-refractivity contribution in [2.75, 3.05) is 17.7 Å². The zero-order valence-corrected chi connectivity index (χ0v) is 11.2. The minimum absolute atomic E-state index is 0.0427. The molecule has 1 atom stereocenters. The van der Waals surface area contributed by atoms with Crippen LogP contribution in [0.25, 0.3) is 10.2 Å². The monoisotopic (exact) mass is 277 g/mol. The van der Waals surface area contributed by atoms with E-state index in [0.29, 0.717) is 17.2 Å².